The van der Waals surface area contributed by atoms with Crippen LogP contribution in [-0.2, 0) is 4.74 Å². The van der Waals surface area contributed by atoms with Crippen LogP contribution in [0.3, 0.4) is 0 Å². The second kappa shape index (κ2) is 7.96. The van der Waals surface area contributed by atoms with Crippen LogP contribution in [0.15, 0.2) is 21.7 Å². The lowest BCUT2D eigenvalue weighted by molar-refractivity contribution is 0.0604. The van der Waals surface area contributed by atoms with E-state index < -0.39 is 11.7 Å². The first-order chi connectivity index (χ1) is 12.8. The molecule has 0 spiro atoms. The number of halogens is 1. The molecule has 0 radical (unpaired) electrons. The number of rotatable bonds is 3. The lowest BCUT2D eigenvalue weighted by Crippen LogP contribution is -2.23. The van der Waals surface area contributed by atoms with Gasteiger partial charge in [0.15, 0.2) is 5.65 Å². The quantitative estimate of drug-likeness (QED) is 0.510. The smallest absolute Gasteiger partial charge is 0.433 e. The molecular formula is C19H25BrN4O3. The van der Waals surface area contributed by atoms with Crippen LogP contribution >= 0.6 is 15.9 Å². The molecule has 1 amide bonds. The van der Waals surface area contributed by atoms with Crippen molar-refractivity contribution >= 4 is 33.9 Å². The molecule has 0 bridgehead atoms. The van der Waals surface area contributed by atoms with E-state index >= 15 is 0 Å². The predicted molar refractivity (Wildman–Crippen MR) is 107 cm³/mol. The second-order valence-corrected chi connectivity index (χ2v) is 8.66. The molecule has 0 saturated heterocycles. The van der Waals surface area contributed by atoms with Crippen molar-refractivity contribution in [2.75, 3.05) is 7.11 Å². The van der Waals surface area contributed by atoms with E-state index in [9.17, 15) is 4.79 Å². The lowest BCUT2D eigenvalue weighted by Gasteiger charge is -2.26. The number of aliphatic imine (C=N–C) groups is 1. The predicted octanol–water partition coefficient (Wildman–Crippen LogP) is 4.78. The summed E-state index contributed by atoms with van der Waals surface area (Å²) in [5, 5.41) is 8.72. The van der Waals surface area contributed by atoms with Gasteiger partial charge in [0.25, 0.3) is 0 Å². The number of carbonyl (C=O) groups is 1. The van der Waals surface area contributed by atoms with Crippen molar-refractivity contribution in [2.24, 2.45) is 10.9 Å². The topological polar surface area (TPSA) is 78.1 Å². The third-order valence-electron chi connectivity index (χ3n) is 4.56. The average Bonchev–Trinajstić information content (AvgIpc) is 3.03. The number of amides is 1. The minimum atomic E-state index is -0.535. The number of carbonyl (C=O) groups excluding carboxylic acids is 1. The molecule has 1 saturated carbocycles. The van der Waals surface area contributed by atoms with E-state index in [0.29, 0.717) is 0 Å². The van der Waals surface area contributed by atoms with Crippen molar-refractivity contribution in [3.8, 4) is 5.75 Å². The molecule has 8 heteroatoms. The van der Waals surface area contributed by atoms with E-state index in [1.807, 2.05) is 37.3 Å². The highest BCUT2D eigenvalue weighted by atomic mass is 79.9. The Bertz CT molecular complexity index is 856. The van der Waals surface area contributed by atoms with Gasteiger partial charge in [-0.2, -0.15) is 4.99 Å². The monoisotopic (exact) mass is 436 g/mol. The van der Waals surface area contributed by atoms with Crippen molar-refractivity contribution in [3.05, 3.63) is 22.6 Å². The maximum absolute atomic E-state index is 11.8. The first-order valence-corrected chi connectivity index (χ1v) is 9.92. The van der Waals surface area contributed by atoms with Crippen LogP contribution in [0.5, 0.6) is 5.75 Å². The van der Waals surface area contributed by atoms with Crippen LogP contribution in [-0.4, -0.2) is 39.6 Å². The van der Waals surface area contributed by atoms with Gasteiger partial charge in [-0.05, 0) is 61.9 Å². The Kier molecular flexibility index (Phi) is 5.83. The molecule has 2 atom stereocenters. The van der Waals surface area contributed by atoms with Crippen molar-refractivity contribution in [3.63, 3.8) is 0 Å². The van der Waals surface area contributed by atoms with Crippen molar-refractivity contribution < 1.29 is 14.3 Å². The summed E-state index contributed by atoms with van der Waals surface area (Å²) >= 11 is 3.59. The van der Waals surface area contributed by atoms with Crippen LogP contribution in [0.25, 0.3) is 5.65 Å². The van der Waals surface area contributed by atoms with Gasteiger partial charge in [0.1, 0.15) is 17.2 Å². The van der Waals surface area contributed by atoms with Crippen LogP contribution < -0.4 is 4.74 Å². The molecule has 0 N–H and O–H groups in total. The number of hydrogen-bond acceptors (Lipinski definition) is 5. The second-order valence-electron chi connectivity index (χ2n) is 7.85. The number of aromatic nitrogens is 3. The van der Waals surface area contributed by atoms with E-state index in [2.05, 4.69) is 31.1 Å². The first kappa shape index (κ1) is 19.8. The minimum absolute atomic E-state index is 0.223. The summed E-state index contributed by atoms with van der Waals surface area (Å²) < 4.78 is 13.4. The fraction of sp³-hybridized carbons (Fsp3) is 0.579. The zero-order valence-electron chi connectivity index (χ0n) is 16.1. The van der Waals surface area contributed by atoms with Crippen LogP contribution in [0.1, 0.15) is 58.2 Å². The maximum Gasteiger partial charge on any atom is 0.433 e. The van der Waals surface area contributed by atoms with Gasteiger partial charge in [-0.15, -0.1) is 10.2 Å². The van der Waals surface area contributed by atoms with Crippen molar-refractivity contribution in [1.29, 1.82) is 0 Å². The molecule has 2 aromatic heterocycles. The molecule has 1 aliphatic carbocycles. The number of ether oxygens (including phenoxy) is 2. The zero-order valence-corrected chi connectivity index (χ0v) is 17.7. The molecular weight excluding hydrogens is 412 g/mol. The molecule has 2 aromatic rings. The average molecular weight is 437 g/mol. The summed E-state index contributed by atoms with van der Waals surface area (Å²) in [6.07, 6.45) is 5.18. The molecule has 1 fully saturated rings. The van der Waals surface area contributed by atoms with Crippen molar-refractivity contribution in [1.82, 2.24) is 14.6 Å². The summed E-state index contributed by atoms with van der Waals surface area (Å²) in [6, 6.07) is 3.77. The van der Waals surface area contributed by atoms with E-state index in [4.69, 9.17) is 9.47 Å². The molecule has 0 aromatic carbocycles. The van der Waals surface area contributed by atoms with Gasteiger partial charge >= 0.3 is 6.09 Å². The Morgan fingerprint density at radius 3 is 2.81 bits per heavy atom. The molecule has 27 heavy (non-hydrogen) atoms. The van der Waals surface area contributed by atoms with Crippen LogP contribution in [0.4, 0.5) is 4.79 Å². The number of nitrogens with zero attached hydrogens (tertiary/aromatic N) is 4. The Morgan fingerprint density at radius 1 is 1.33 bits per heavy atom. The summed E-state index contributed by atoms with van der Waals surface area (Å²) in [6.45, 7) is 5.50. The van der Waals surface area contributed by atoms with Gasteiger partial charge in [0.2, 0.25) is 0 Å². The molecule has 146 valence electrons. The zero-order chi connectivity index (χ0) is 19.6. The molecule has 3 rings (SSSR count). The summed E-state index contributed by atoms with van der Waals surface area (Å²) in [5.41, 5.74) is 0.220. The third kappa shape index (κ3) is 4.86. The van der Waals surface area contributed by atoms with Gasteiger partial charge in [0.05, 0.1) is 11.7 Å². The number of methoxy groups -OCH3 is 1. The highest BCUT2D eigenvalue weighted by Crippen LogP contribution is 2.36. The number of hydrogen-bond donors (Lipinski definition) is 0. The third-order valence-corrected chi connectivity index (χ3v) is 5.14. The summed E-state index contributed by atoms with van der Waals surface area (Å²) in [5.74, 6) is 2.14. The highest BCUT2D eigenvalue weighted by Gasteiger charge is 2.27. The van der Waals surface area contributed by atoms with Gasteiger partial charge in [-0.1, -0.05) is 6.42 Å². The normalized spacial score (nSPS) is 20.9. The lowest BCUT2D eigenvalue weighted by atomic mass is 9.81. The minimum Gasteiger partial charge on any atom is -0.497 e. The number of pyridine rings is 1. The SMILES string of the molecule is COc1cc(Br)n2c([C@H]3CCCC(/C=N/C(=O)OC(C)(C)C)C3)nnc2c1. The molecule has 1 aliphatic rings. The highest BCUT2D eigenvalue weighted by molar-refractivity contribution is 9.10. The molecule has 7 nitrogen and oxygen atoms in total. The fourth-order valence-electron chi connectivity index (χ4n) is 3.41. The van der Waals surface area contributed by atoms with E-state index in [1.54, 1.807) is 13.3 Å². The first-order valence-electron chi connectivity index (χ1n) is 9.12. The molecule has 1 unspecified atom stereocenters. The Hall–Kier alpha value is -1.96. The van der Waals surface area contributed by atoms with Gasteiger partial charge in [0, 0.05) is 24.3 Å². The van der Waals surface area contributed by atoms with Gasteiger partial charge in [-0.3, -0.25) is 4.40 Å². The summed E-state index contributed by atoms with van der Waals surface area (Å²) in [7, 11) is 1.63. The van der Waals surface area contributed by atoms with E-state index in [0.717, 1.165) is 47.5 Å². The molecule has 2 heterocycles. The molecule has 0 aliphatic heterocycles. The van der Waals surface area contributed by atoms with Gasteiger partial charge < -0.3 is 9.47 Å². The van der Waals surface area contributed by atoms with Crippen molar-refractivity contribution in [2.45, 2.75) is 58.0 Å². The maximum atomic E-state index is 11.8. The Morgan fingerprint density at radius 2 is 2.11 bits per heavy atom. The van der Waals surface area contributed by atoms with E-state index in [-0.39, 0.29) is 11.8 Å². The largest absolute Gasteiger partial charge is 0.497 e. The number of fused-ring (bicyclic) bond motifs is 1. The summed E-state index contributed by atoms with van der Waals surface area (Å²) in [4.78, 5) is 15.8. The standard InChI is InChI=1S/C19H25BrN4O3/c1-19(2,3)27-18(25)21-11-12-6-5-7-13(8-12)17-23-22-16-10-14(26-4)9-15(20)24(16)17/h9-13H,5-8H2,1-4H3/b21-11+/t12?,13-/m0/s1. The van der Waals surface area contributed by atoms with Crippen LogP contribution in [0.2, 0.25) is 0 Å². The fourth-order valence-corrected chi connectivity index (χ4v) is 4.00. The van der Waals surface area contributed by atoms with Crippen LogP contribution in [0, 0.1) is 5.92 Å². The Balaban J connectivity index is 1.75. The Labute approximate surface area is 167 Å². The van der Waals surface area contributed by atoms with Gasteiger partial charge in [-0.25, -0.2) is 4.79 Å². The van der Waals surface area contributed by atoms with E-state index in [1.165, 1.54) is 0 Å².